The van der Waals surface area contributed by atoms with Gasteiger partial charge in [0.2, 0.25) is 5.95 Å². The zero-order valence-electron chi connectivity index (χ0n) is 16.6. The number of halogens is 2. The summed E-state index contributed by atoms with van der Waals surface area (Å²) in [5, 5.41) is 9.35. The van der Waals surface area contributed by atoms with E-state index in [1.54, 1.807) is 18.2 Å². The summed E-state index contributed by atoms with van der Waals surface area (Å²) in [5.74, 6) is -0.626. The number of aryl methyl sites for hydroxylation is 1. The Morgan fingerprint density at radius 1 is 0.903 bits per heavy atom. The highest BCUT2D eigenvalue weighted by Gasteiger charge is 2.09. The van der Waals surface area contributed by atoms with Crippen molar-refractivity contribution in [3.8, 4) is 17.3 Å². The third-order valence-corrected chi connectivity index (χ3v) is 4.43. The number of rotatable bonds is 2. The van der Waals surface area contributed by atoms with Gasteiger partial charge in [-0.2, -0.15) is 15.2 Å². The predicted molar refractivity (Wildman–Crippen MR) is 116 cm³/mol. The van der Waals surface area contributed by atoms with Crippen molar-refractivity contribution in [3.63, 3.8) is 0 Å². The van der Waals surface area contributed by atoms with Crippen LogP contribution in [-0.4, -0.2) is 15.0 Å². The number of nitriles is 1. The van der Waals surface area contributed by atoms with Gasteiger partial charge in [-0.25, -0.2) is 13.8 Å². The zero-order valence-corrected chi connectivity index (χ0v) is 16.6. The Hall–Kier alpha value is -4.32. The van der Waals surface area contributed by atoms with Crippen LogP contribution >= 0.6 is 0 Å². The van der Waals surface area contributed by atoms with Gasteiger partial charge in [-0.3, -0.25) is 0 Å². The summed E-state index contributed by atoms with van der Waals surface area (Å²) in [6.07, 6.45) is 0.784. The molecule has 9 heteroatoms. The molecule has 0 radical (unpaired) electrons. The fourth-order valence-corrected chi connectivity index (χ4v) is 2.97. The van der Waals surface area contributed by atoms with E-state index in [-0.39, 0.29) is 34.8 Å². The summed E-state index contributed by atoms with van der Waals surface area (Å²) in [5.41, 5.74) is 18.9. The van der Waals surface area contributed by atoms with Crippen LogP contribution in [-0.2, 0) is 6.42 Å². The van der Waals surface area contributed by atoms with Gasteiger partial charge in [0, 0.05) is 17.0 Å². The average Bonchev–Trinajstić information content (AvgIpc) is 2.73. The van der Waals surface area contributed by atoms with Gasteiger partial charge in [0.1, 0.15) is 34.9 Å². The second-order valence-corrected chi connectivity index (χ2v) is 6.54. The summed E-state index contributed by atoms with van der Waals surface area (Å²) in [6, 6.07) is 14.6. The van der Waals surface area contributed by atoms with E-state index in [1.807, 2.05) is 19.1 Å². The van der Waals surface area contributed by atoms with Crippen LogP contribution in [0.2, 0.25) is 0 Å². The predicted octanol–water partition coefficient (Wildman–Crippen LogP) is 3.84. The lowest BCUT2D eigenvalue weighted by Gasteiger charge is -2.09. The fourth-order valence-electron chi connectivity index (χ4n) is 2.97. The van der Waals surface area contributed by atoms with Gasteiger partial charge in [-0.05, 0) is 42.3 Å². The van der Waals surface area contributed by atoms with Crippen LogP contribution in [0, 0.1) is 23.0 Å². The van der Waals surface area contributed by atoms with E-state index < -0.39 is 0 Å². The van der Waals surface area contributed by atoms with Crippen LogP contribution in [0.3, 0.4) is 0 Å². The molecule has 0 unspecified atom stereocenters. The quantitative estimate of drug-likeness (QED) is 0.448. The van der Waals surface area contributed by atoms with Gasteiger partial charge in [0.05, 0.1) is 11.2 Å². The molecule has 0 saturated heterocycles. The van der Waals surface area contributed by atoms with Crippen molar-refractivity contribution in [2.24, 2.45) is 0 Å². The van der Waals surface area contributed by atoms with Crippen molar-refractivity contribution in [1.82, 2.24) is 15.0 Å². The highest BCUT2D eigenvalue weighted by atomic mass is 19.1. The Morgan fingerprint density at radius 3 is 2.19 bits per heavy atom. The lowest BCUT2D eigenvalue weighted by molar-refractivity contribution is 0.628. The monoisotopic (exact) mass is 419 g/mol. The molecule has 31 heavy (non-hydrogen) atoms. The topological polar surface area (TPSA) is 141 Å². The molecular weight excluding hydrogens is 400 g/mol. The Labute approximate surface area is 177 Å². The van der Waals surface area contributed by atoms with Gasteiger partial charge in [0.25, 0.3) is 0 Å². The molecule has 0 aliphatic rings. The maximum absolute atomic E-state index is 13.4. The molecule has 0 saturated carbocycles. The van der Waals surface area contributed by atoms with Gasteiger partial charge in [-0.15, -0.1) is 0 Å². The molecule has 0 fully saturated rings. The Bertz CT molecular complexity index is 1280. The first-order valence-corrected chi connectivity index (χ1v) is 9.26. The van der Waals surface area contributed by atoms with Crippen LogP contribution in [0.15, 0.2) is 48.5 Å². The normalized spacial score (nSPS) is 10.3. The number of nitrogens with zero attached hydrogens (tertiary/aromatic N) is 4. The number of hydrogen-bond acceptors (Lipinski definition) is 7. The maximum atomic E-state index is 13.4. The number of pyridine rings is 1. The van der Waals surface area contributed by atoms with Crippen LogP contribution < -0.4 is 17.2 Å². The van der Waals surface area contributed by atoms with Gasteiger partial charge in [0.15, 0.2) is 0 Å². The molecule has 0 amide bonds. The number of nitrogen functional groups attached to an aromatic ring is 3. The average molecular weight is 419 g/mol. The first-order chi connectivity index (χ1) is 14.8. The minimum absolute atomic E-state index is 0.0116. The van der Waals surface area contributed by atoms with E-state index in [0.717, 1.165) is 17.4 Å². The molecule has 2 heterocycles. The fraction of sp³-hybridized carbons (Fsp3) is 0.0909. The van der Waals surface area contributed by atoms with Crippen LogP contribution in [0.4, 0.5) is 26.4 Å². The van der Waals surface area contributed by atoms with Gasteiger partial charge < -0.3 is 17.2 Å². The summed E-state index contributed by atoms with van der Waals surface area (Å²) >= 11 is 0. The molecule has 0 bridgehead atoms. The molecular formula is C22H19F2N7. The van der Waals surface area contributed by atoms with E-state index in [4.69, 9.17) is 22.5 Å². The van der Waals surface area contributed by atoms with Crippen molar-refractivity contribution in [3.05, 3.63) is 71.3 Å². The Morgan fingerprint density at radius 2 is 1.58 bits per heavy atom. The molecule has 4 rings (SSSR count). The van der Waals surface area contributed by atoms with Crippen molar-refractivity contribution in [1.29, 1.82) is 5.26 Å². The second kappa shape index (κ2) is 9.00. The minimum atomic E-state index is -0.320. The van der Waals surface area contributed by atoms with E-state index in [1.165, 1.54) is 24.3 Å². The third-order valence-electron chi connectivity index (χ3n) is 4.43. The molecule has 2 aromatic heterocycles. The largest absolute Gasteiger partial charge is 0.382 e. The maximum Gasteiger partial charge on any atom is 0.224 e. The van der Waals surface area contributed by atoms with Crippen molar-refractivity contribution >= 4 is 28.5 Å². The summed E-state index contributed by atoms with van der Waals surface area (Å²) < 4.78 is 26.7. The molecule has 2 aromatic carbocycles. The van der Waals surface area contributed by atoms with Crippen LogP contribution in [0.5, 0.6) is 0 Å². The molecule has 0 spiro atoms. The van der Waals surface area contributed by atoms with Crippen molar-refractivity contribution in [2.75, 3.05) is 17.2 Å². The highest BCUT2D eigenvalue weighted by Crippen LogP contribution is 2.27. The summed E-state index contributed by atoms with van der Waals surface area (Å²) in [7, 11) is 0. The number of nitrogens with two attached hydrogens (primary N) is 3. The highest BCUT2D eigenvalue weighted by molar-refractivity contribution is 5.83. The number of benzene rings is 2. The van der Waals surface area contributed by atoms with E-state index >= 15 is 0 Å². The summed E-state index contributed by atoms with van der Waals surface area (Å²) in [4.78, 5) is 11.6. The van der Waals surface area contributed by atoms with Crippen molar-refractivity contribution < 1.29 is 8.78 Å². The lowest BCUT2D eigenvalue weighted by atomic mass is 10.0. The zero-order chi connectivity index (χ0) is 22.5. The van der Waals surface area contributed by atoms with Crippen LogP contribution in [0.25, 0.3) is 22.2 Å². The minimum Gasteiger partial charge on any atom is -0.382 e. The SMILES string of the molecule is CCc1cc2ccc(F)cc2nc1-c1cccc(F)c1.N#Cc1c(N)nc(N)nc1N. The molecule has 0 aliphatic carbocycles. The molecule has 156 valence electrons. The number of anilines is 3. The van der Waals surface area contributed by atoms with Gasteiger partial charge in [-0.1, -0.05) is 19.1 Å². The number of hydrogen-bond donors (Lipinski definition) is 3. The summed E-state index contributed by atoms with van der Waals surface area (Å²) in [6.45, 7) is 2.02. The molecule has 0 atom stereocenters. The second-order valence-electron chi connectivity index (χ2n) is 6.54. The van der Waals surface area contributed by atoms with E-state index in [2.05, 4.69) is 15.0 Å². The van der Waals surface area contributed by atoms with E-state index in [0.29, 0.717) is 16.8 Å². The molecule has 6 N–H and O–H groups in total. The van der Waals surface area contributed by atoms with E-state index in [9.17, 15) is 8.78 Å². The van der Waals surface area contributed by atoms with Crippen LogP contribution in [0.1, 0.15) is 18.1 Å². The van der Waals surface area contributed by atoms with Gasteiger partial charge >= 0.3 is 0 Å². The molecule has 0 aliphatic heterocycles. The standard InChI is InChI=1S/C17H13F2N.C5H6N6/c1-2-11-8-12-6-7-15(19)10-16(12)20-17(11)13-4-3-5-14(18)9-13;6-1-2-3(7)10-5(9)11-4(2)8/h3-10H,2H2,1H3;(H6,7,8,9,10,11). The number of fused-ring (bicyclic) bond motifs is 1. The first kappa shape index (κ1) is 21.4. The Balaban J connectivity index is 0.000000210. The lowest BCUT2D eigenvalue weighted by Crippen LogP contribution is -2.06. The molecule has 4 aromatic rings. The van der Waals surface area contributed by atoms with Crippen molar-refractivity contribution in [2.45, 2.75) is 13.3 Å². The number of aromatic nitrogens is 3. The Kier molecular flexibility index (Phi) is 6.21. The molecule has 7 nitrogen and oxygen atoms in total. The smallest absolute Gasteiger partial charge is 0.224 e. The first-order valence-electron chi connectivity index (χ1n) is 9.26. The third kappa shape index (κ3) is 4.82.